The number of hydrogen-bond donors (Lipinski definition) is 2. The number of nitrogens with one attached hydrogen (secondary N) is 2. The van der Waals surface area contributed by atoms with Gasteiger partial charge in [0.05, 0.1) is 14.8 Å². The number of rotatable bonds is 4. The minimum Gasteiger partial charge on any atom is -0.326 e. The van der Waals surface area contributed by atoms with E-state index in [0.29, 0.717) is 11.4 Å². The first-order valence-electron chi connectivity index (χ1n) is 6.90. The summed E-state index contributed by atoms with van der Waals surface area (Å²) in [5, 5.41) is 5.10. The Labute approximate surface area is 144 Å². The third-order valence-corrected chi connectivity index (χ3v) is 5.28. The summed E-state index contributed by atoms with van der Waals surface area (Å²) in [5.41, 5.74) is 0.904. The zero-order valence-corrected chi connectivity index (χ0v) is 14.5. The highest BCUT2D eigenvalue weighted by atomic mass is 35.5. The van der Waals surface area contributed by atoms with E-state index in [9.17, 15) is 18.0 Å². The van der Waals surface area contributed by atoms with E-state index < -0.39 is 9.84 Å². The molecule has 2 aromatic rings. The number of sulfone groups is 1. The first-order valence-corrected chi connectivity index (χ1v) is 8.76. The molecular formula is C16H15ClN2O4S. The van der Waals surface area contributed by atoms with Crippen molar-refractivity contribution in [2.75, 3.05) is 10.6 Å². The highest BCUT2D eigenvalue weighted by molar-refractivity contribution is 7.91. The second-order valence-corrected chi connectivity index (χ2v) is 7.36. The van der Waals surface area contributed by atoms with Crippen molar-refractivity contribution in [3.05, 3.63) is 47.5 Å². The van der Waals surface area contributed by atoms with Gasteiger partial charge >= 0.3 is 0 Å². The largest absolute Gasteiger partial charge is 0.326 e. The highest BCUT2D eigenvalue weighted by Crippen LogP contribution is 2.30. The van der Waals surface area contributed by atoms with Crippen LogP contribution in [0.3, 0.4) is 0 Å². The fourth-order valence-electron chi connectivity index (χ4n) is 2.05. The van der Waals surface area contributed by atoms with Crippen LogP contribution >= 0.6 is 11.6 Å². The van der Waals surface area contributed by atoms with Crippen LogP contribution in [0.15, 0.2) is 52.3 Å². The average Bonchev–Trinajstić information content (AvgIpc) is 2.46. The van der Waals surface area contributed by atoms with Crippen LogP contribution in [-0.4, -0.2) is 20.2 Å². The standard InChI is InChI=1S/C16H15ClN2O4S/c1-10(20)18-12-3-6-14(7-4-12)24(22,23)16-8-5-13(9-15(16)17)19-11(2)21/h3-9H,1-2H3,(H,18,20)(H,19,21). The van der Waals surface area contributed by atoms with Crippen LogP contribution in [0, 0.1) is 0 Å². The minimum absolute atomic E-state index is 0.00666. The van der Waals surface area contributed by atoms with Gasteiger partial charge in [-0.05, 0) is 42.5 Å². The molecule has 0 radical (unpaired) electrons. The summed E-state index contributed by atoms with van der Waals surface area (Å²) in [7, 11) is -3.82. The van der Waals surface area contributed by atoms with Gasteiger partial charge in [-0.3, -0.25) is 9.59 Å². The zero-order chi connectivity index (χ0) is 17.9. The molecule has 24 heavy (non-hydrogen) atoms. The van der Waals surface area contributed by atoms with Crippen LogP contribution in [0.1, 0.15) is 13.8 Å². The van der Waals surface area contributed by atoms with E-state index in [0.717, 1.165) is 0 Å². The second kappa shape index (κ2) is 7.02. The molecule has 2 amide bonds. The van der Waals surface area contributed by atoms with Gasteiger partial charge in [-0.15, -0.1) is 0 Å². The Hall–Kier alpha value is -2.38. The second-order valence-electron chi connectivity index (χ2n) is 5.04. The molecule has 8 heteroatoms. The molecule has 0 aliphatic heterocycles. The molecule has 0 saturated heterocycles. The van der Waals surface area contributed by atoms with E-state index in [1.54, 1.807) is 0 Å². The van der Waals surface area contributed by atoms with Crippen molar-refractivity contribution in [1.29, 1.82) is 0 Å². The lowest BCUT2D eigenvalue weighted by Crippen LogP contribution is -2.08. The monoisotopic (exact) mass is 366 g/mol. The summed E-state index contributed by atoms with van der Waals surface area (Å²) in [6.07, 6.45) is 0. The molecule has 0 fully saturated rings. The van der Waals surface area contributed by atoms with E-state index in [4.69, 9.17) is 11.6 Å². The Morgan fingerprint density at radius 1 is 0.875 bits per heavy atom. The van der Waals surface area contributed by atoms with Crippen LogP contribution in [0.5, 0.6) is 0 Å². The molecule has 2 aromatic carbocycles. The lowest BCUT2D eigenvalue weighted by atomic mass is 10.3. The molecule has 126 valence electrons. The fraction of sp³-hybridized carbons (Fsp3) is 0.125. The van der Waals surface area contributed by atoms with Gasteiger partial charge in [0.15, 0.2) is 0 Å². The van der Waals surface area contributed by atoms with Crippen molar-refractivity contribution >= 4 is 44.6 Å². The molecule has 0 spiro atoms. The maximum atomic E-state index is 12.7. The topological polar surface area (TPSA) is 92.3 Å². The van der Waals surface area contributed by atoms with Crippen LogP contribution in [0.25, 0.3) is 0 Å². The predicted octanol–water partition coefficient (Wildman–Crippen LogP) is 3.09. The Morgan fingerprint density at radius 2 is 1.38 bits per heavy atom. The van der Waals surface area contributed by atoms with Crippen molar-refractivity contribution in [3.63, 3.8) is 0 Å². The van der Waals surface area contributed by atoms with E-state index in [-0.39, 0.29) is 26.6 Å². The van der Waals surface area contributed by atoms with Crippen LogP contribution in [0.2, 0.25) is 5.02 Å². The molecule has 0 saturated carbocycles. The molecule has 0 heterocycles. The van der Waals surface area contributed by atoms with Gasteiger partial charge in [0.1, 0.15) is 0 Å². The third kappa shape index (κ3) is 4.12. The molecule has 2 N–H and O–H groups in total. The quantitative estimate of drug-likeness (QED) is 0.869. The average molecular weight is 367 g/mol. The van der Waals surface area contributed by atoms with E-state index in [1.807, 2.05) is 0 Å². The van der Waals surface area contributed by atoms with Gasteiger partial charge in [0.25, 0.3) is 0 Å². The van der Waals surface area contributed by atoms with Crippen molar-refractivity contribution in [2.45, 2.75) is 23.6 Å². The molecule has 2 rings (SSSR count). The summed E-state index contributed by atoms with van der Waals surface area (Å²) in [6.45, 7) is 2.70. The predicted molar refractivity (Wildman–Crippen MR) is 92.0 cm³/mol. The maximum absolute atomic E-state index is 12.7. The maximum Gasteiger partial charge on any atom is 0.221 e. The van der Waals surface area contributed by atoms with Gasteiger partial charge < -0.3 is 10.6 Å². The van der Waals surface area contributed by atoms with E-state index in [2.05, 4.69) is 10.6 Å². The number of benzene rings is 2. The number of amides is 2. The van der Waals surface area contributed by atoms with Crippen LogP contribution in [0.4, 0.5) is 11.4 Å². The molecule has 0 aromatic heterocycles. The SMILES string of the molecule is CC(=O)Nc1ccc(S(=O)(=O)c2ccc(NC(C)=O)cc2Cl)cc1. The van der Waals surface area contributed by atoms with Crippen LogP contribution < -0.4 is 10.6 Å². The van der Waals surface area contributed by atoms with Gasteiger partial charge in [-0.1, -0.05) is 11.6 Å². The van der Waals surface area contributed by atoms with E-state index in [1.165, 1.54) is 56.3 Å². The molecule has 0 bridgehead atoms. The minimum atomic E-state index is -3.82. The molecular weight excluding hydrogens is 352 g/mol. The summed E-state index contributed by atoms with van der Waals surface area (Å²) in [6, 6.07) is 9.94. The molecule has 0 aliphatic rings. The van der Waals surface area contributed by atoms with Gasteiger partial charge in [-0.2, -0.15) is 0 Å². The van der Waals surface area contributed by atoms with Gasteiger partial charge in [0, 0.05) is 25.2 Å². The fourth-order valence-corrected chi connectivity index (χ4v) is 3.84. The van der Waals surface area contributed by atoms with Gasteiger partial charge in [0.2, 0.25) is 21.7 Å². The van der Waals surface area contributed by atoms with Crippen LogP contribution in [-0.2, 0) is 19.4 Å². The Kier molecular flexibility index (Phi) is 5.26. The normalized spacial score (nSPS) is 11.0. The lowest BCUT2D eigenvalue weighted by Gasteiger charge is -2.10. The smallest absolute Gasteiger partial charge is 0.221 e. The molecule has 0 aliphatic carbocycles. The highest BCUT2D eigenvalue weighted by Gasteiger charge is 2.21. The summed E-state index contributed by atoms with van der Waals surface area (Å²) in [4.78, 5) is 22.0. The van der Waals surface area contributed by atoms with Crippen molar-refractivity contribution in [3.8, 4) is 0 Å². The Balaban J connectivity index is 2.36. The first-order chi connectivity index (χ1) is 11.2. The summed E-state index contributed by atoms with van der Waals surface area (Å²) in [5.74, 6) is -0.530. The summed E-state index contributed by atoms with van der Waals surface area (Å²) >= 11 is 6.06. The molecule has 0 atom stereocenters. The van der Waals surface area contributed by atoms with E-state index >= 15 is 0 Å². The van der Waals surface area contributed by atoms with Crippen molar-refractivity contribution in [1.82, 2.24) is 0 Å². The lowest BCUT2D eigenvalue weighted by molar-refractivity contribution is -0.115. The Morgan fingerprint density at radius 3 is 1.88 bits per heavy atom. The number of anilines is 2. The number of hydrogen-bond acceptors (Lipinski definition) is 4. The Bertz CT molecular complexity index is 893. The number of carbonyl (C=O) groups excluding carboxylic acids is 2. The first kappa shape index (κ1) is 18.0. The van der Waals surface area contributed by atoms with Crippen molar-refractivity contribution in [2.24, 2.45) is 0 Å². The summed E-state index contributed by atoms with van der Waals surface area (Å²) < 4.78 is 25.3. The third-order valence-electron chi connectivity index (χ3n) is 3.03. The molecule has 0 unspecified atom stereocenters. The van der Waals surface area contributed by atoms with Gasteiger partial charge in [-0.25, -0.2) is 8.42 Å². The van der Waals surface area contributed by atoms with Crippen molar-refractivity contribution < 1.29 is 18.0 Å². The zero-order valence-electron chi connectivity index (χ0n) is 13.0. The molecule has 6 nitrogen and oxygen atoms in total. The number of halogens is 1. The number of carbonyl (C=O) groups is 2.